The fraction of sp³-hybridized carbons (Fsp3) is 0.222. The maximum atomic E-state index is 13.9. The molecule has 1 heterocycles. The first-order chi connectivity index (χ1) is 17.2. The van der Waals surface area contributed by atoms with Gasteiger partial charge in [0.05, 0.1) is 18.6 Å². The van der Waals surface area contributed by atoms with Crippen LogP contribution in [0, 0.1) is 11.6 Å². The summed E-state index contributed by atoms with van der Waals surface area (Å²) < 4.78 is 34.2. The first-order valence-electron chi connectivity index (χ1n) is 11.2. The standard InChI is InChI=1S/C27H26F2N4O2S/c1-27(2,3)18-7-5-17(6-8-18)25-31-32-26(33(25)20-10-12-21(35-4)13-11-20)36-16-24(34)30-23-14-9-19(28)15-22(23)29/h5-15H,16H2,1-4H3,(H,30,34). The Hall–Kier alpha value is -3.72. The fourth-order valence-electron chi connectivity index (χ4n) is 3.54. The fourth-order valence-corrected chi connectivity index (χ4v) is 4.29. The van der Waals surface area contributed by atoms with E-state index in [0.717, 1.165) is 35.1 Å². The van der Waals surface area contributed by atoms with Crippen molar-refractivity contribution >= 4 is 23.4 Å². The van der Waals surface area contributed by atoms with E-state index < -0.39 is 17.5 Å². The SMILES string of the molecule is COc1ccc(-n2c(SCC(=O)Nc3ccc(F)cc3F)nnc2-c2ccc(C(C)(C)C)cc2)cc1. The van der Waals surface area contributed by atoms with Crippen molar-refractivity contribution in [2.75, 3.05) is 18.2 Å². The minimum Gasteiger partial charge on any atom is -0.497 e. The third-order valence-corrected chi connectivity index (χ3v) is 6.44. The molecule has 4 aromatic rings. The summed E-state index contributed by atoms with van der Waals surface area (Å²) in [5.74, 6) is -0.725. The highest BCUT2D eigenvalue weighted by Gasteiger charge is 2.19. The average Bonchev–Trinajstić information content (AvgIpc) is 3.28. The summed E-state index contributed by atoms with van der Waals surface area (Å²) in [4.78, 5) is 12.5. The molecule has 186 valence electrons. The lowest BCUT2D eigenvalue weighted by molar-refractivity contribution is -0.113. The summed E-state index contributed by atoms with van der Waals surface area (Å²) in [6.07, 6.45) is 0. The van der Waals surface area contributed by atoms with Gasteiger partial charge in [0.15, 0.2) is 11.0 Å². The Morgan fingerprint density at radius 2 is 1.69 bits per heavy atom. The third kappa shape index (κ3) is 5.73. The first-order valence-corrected chi connectivity index (χ1v) is 12.2. The molecule has 9 heteroatoms. The lowest BCUT2D eigenvalue weighted by Crippen LogP contribution is -2.15. The second-order valence-electron chi connectivity index (χ2n) is 9.13. The van der Waals surface area contributed by atoms with E-state index in [-0.39, 0.29) is 16.9 Å². The van der Waals surface area contributed by atoms with Gasteiger partial charge in [-0.2, -0.15) is 0 Å². The molecule has 1 N–H and O–H groups in total. The topological polar surface area (TPSA) is 69.0 Å². The van der Waals surface area contributed by atoms with E-state index in [1.165, 1.54) is 11.6 Å². The van der Waals surface area contributed by atoms with Crippen LogP contribution in [-0.4, -0.2) is 33.5 Å². The molecule has 0 saturated carbocycles. The van der Waals surface area contributed by atoms with Crippen LogP contribution in [0.4, 0.5) is 14.5 Å². The number of hydrogen-bond acceptors (Lipinski definition) is 5. The molecular weight excluding hydrogens is 482 g/mol. The Morgan fingerprint density at radius 1 is 1.00 bits per heavy atom. The van der Waals surface area contributed by atoms with Crippen LogP contribution in [0.25, 0.3) is 17.1 Å². The van der Waals surface area contributed by atoms with E-state index in [0.29, 0.717) is 16.7 Å². The number of carbonyl (C=O) groups is 1. The number of aromatic nitrogens is 3. The zero-order chi connectivity index (χ0) is 25.9. The molecule has 0 fully saturated rings. The Balaban J connectivity index is 1.62. The molecule has 0 saturated heterocycles. The second-order valence-corrected chi connectivity index (χ2v) is 10.1. The highest BCUT2D eigenvalue weighted by molar-refractivity contribution is 7.99. The molecule has 0 spiro atoms. The van der Waals surface area contributed by atoms with Crippen molar-refractivity contribution in [2.24, 2.45) is 0 Å². The number of amides is 1. The molecular formula is C27H26F2N4O2S. The first kappa shape index (κ1) is 25.4. The summed E-state index contributed by atoms with van der Waals surface area (Å²) >= 11 is 1.16. The molecule has 4 rings (SSSR count). The van der Waals surface area contributed by atoms with E-state index in [9.17, 15) is 13.6 Å². The van der Waals surface area contributed by atoms with Crippen LogP contribution in [0.1, 0.15) is 26.3 Å². The summed E-state index contributed by atoms with van der Waals surface area (Å²) in [6, 6.07) is 18.6. The van der Waals surface area contributed by atoms with E-state index in [4.69, 9.17) is 4.74 Å². The van der Waals surface area contributed by atoms with Gasteiger partial charge in [-0.1, -0.05) is 56.8 Å². The Kier molecular flexibility index (Phi) is 7.40. The largest absolute Gasteiger partial charge is 0.497 e. The van der Waals surface area contributed by atoms with Crippen LogP contribution in [0.5, 0.6) is 5.75 Å². The van der Waals surface area contributed by atoms with Crippen LogP contribution in [-0.2, 0) is 10.2 Å². The van der Waals surface area contributed by atoms with Gasteiger partial charge in [-0.25, -0.2) is 8.78 Å². The molecule has 0 radical (unpaired) electrons. The molecule has 0 aliphatic heterocycles. The van der Waals surface area contributed by atoms with Crippen molar-refractivity contribution in [3.05, 3.63) is 83.9 Å². The van der Waals surface area contributed by atoms with Gasteiger partial charge in [-0.05, 0) is 47.4 Å². The smallest absolute Gasteiger partial charge is 0.234 e. The summed E-state index contributed by atoms with van der Waals surface area (Å²) in [5.41, 5.74) is 2.79. The van der Waals surface area contributed by atoms with Gasteiger partial charge in [0.25, 0.3) is 0 Å². The van der Waals surface area contributed by atoms with Crippen molar-refractivity contribution in [3.63, 3.8) is 0 Å². The van der Waals surface area contributed by atoms with Crippen molar-refractivity contribution in [1.82, 2.24) is 14.8 Å². The number of ether oxygens (including phenoxy) is 1. The van der Waals surface area contributed by atoms with Crippen LogP contribution in [0.2, 0.25) is 0 Å². The van der Waals surface area contributed by atoms with Gasteiger partial charge in [0, 0.05) is 17.3 Å². The highest BCUT2D eigenvalue weighted by Crippen LogP contribution is 2.31. The molecule has 6 nitrogen and oxygen atoms in total. The summed E-state index contributed by atoms with van der Waals surface area (Å²) in [5, 5.41) is 11.7. The van der Waals surface area contributed by atoms with Crippen LogP contribution in [0.15, 0.2) is 71.9 Å². The number of nitrogens with zero attached hydrogens (tertiary/aromatic N) is 3. The number of nitrogens with one attached hydrogen (secondary N) is 1. The Labute approximate surface area is 212 Å². The van der Waals surface area contributed by atoms with Crippen molar-refractivity contribution in [3.8, 4) is 22.8 Å². The van der Waals surface area contributed by atoms with Gasteiger partial charge in [-0.3, -0.25) is 9.36 Å². The maximum absolute atomic E-state index is 13.9. The normalized spacial score (nSPS) is 11.4. The molecule has 0 atom stereocenters. The van der Waals surface area contributed by atoms with Crippen LogP contribution < -0.4 is 10.1 Å². The predicted molar refractivity (Wildman–Crippen MR) is 138 cm³/mol. The maximum Gasteiger partial charge on any atom is 0.234 e. The molecule has 3 aromatic carbocycles. The van der Waals surface area contributed by atoms with Gasteiger partial charge < -0.3 is 10.1 Å². The third-order valence-electron chi connectivity index (χ3n) is 5.51. The minimum absolute atomic E-state index is 0.0144. The lowest BCUT2D eigenvalue weighted by atomic mass is 9.87. The van der Waals surface area contributed by atoms with Gasteiger partial charge in [0.1, 0.15) is 17.4 Å². The number of halogens is 2. The number of hydrogen-bond donors (Lipinski definition) is 1. The number of rotatable bonds is 7. The average molecular weight is 509 g/mol. The Morgan fingerprint density at radius 3 is 2.31 bits per heavy atom. The Bertz CT molecular complexity index is 1360. The molecule has 1 amide bonds. The number of anilines is 1. The minimum atomic E-state index is -0.837. The number of benzene rings is 3. The predicted octanol–water partition coefficient (Wildman–Crippen LogP) is 6.25. The second kappa shape index (κ2) is 10.5. The van der Waals surface area contributed by atoms with Crippen molar-refractivity contribution in [1.29, 1.82) is 0 Å². The summed E-state index contributed by atoms with van der Waals surface area (Å²) in [6.45, 7) is 6.46. The molecule has 0 aliphatic rings. The number of thioether (sulfide) groups is 1. The van der Waals surface area contributed by atoms with Crippen molar-refractivity contribution in [2.45, 2.75) is 31.3 Å². The monoisotopic (exact) mass is 508 g/mol. The number of methoxy groups -OCH3 is 1. The van der Waals surface area contributed by atoms with Gasteiger partial charge in [-0.15, -0.1) is 10.2 Å². The molecule has 0 bridgehead atoms. The zero-order valence-corrected chi connectivity index (χ0v) is 21.2. The van der Waals surface area contributed by atoms with E-state index in [1.54, 1.807) is 7.11 Å². The van der Waals surface area contributed by atoms with Gasteiger partial charge >= 0.3 is 0 Å². The summed E-state index contributed by atoms with van der Waals surface area (Å²) in [7, 11) is 1.60. The number of carbonyl (C=O) groups excluding carboxylic acids is 1. The van der Waals surface area contributed by atoms with Crippen molar-refractivity contribution < 1.29 is 18.3 Å². The van der Waals surface area contributed by atoms with E-state index in [2.05, 4.69) is 48.4 Å². The van der Waals surface area contributed by atoms with E-state index in [1.807, 2.05) is 41.0 Å². The van der Waals surface area contributed by atoms with Gasteiger partial charge in [0.2, 0.25) is 5.91 Å². The molecule has 1 aromatic heterocycles. The molecule has 36 heavy (non-hydrogen) atoms. The van der Waals surface area contributed by atoms with E-state index >= 15 is 0 Å². The van der Waals surface area contributed by atoms with Crippen LogP contribution >= 0.6 is 11.8 Å². The molecule has 0 unspecified atom stereocenters. The molecule has 0 aliphatic carbocycles. The lowest BCUT2D eigenvalue weighted by Gasteiger charge is -2.19. The zero-order valence-electron chi connectivity index (χ0n) is 20.4. The van der Waals surface area contributed by atoms with Crippen LogP contribution in [0.3, 0.4) is 0 Å². The highest BCUT2D eigenvalue weighted by atomic mass is 32.2. The quantitative estimate of drug-likeness (QED) is 0.299.